The van der Waals surface area contributed by atoms with Gasteiger partial charge in [-0.3, -0.25) is 4.79 Å². The minimum absolute atomic E-state index is 0.132. The zero-order valence-electron chi connectivity index (χ0n) is 14.5. The average Bonchev–Trinajstić information content (AvgIpc) is 3.23. The first kappa shape index (κ1) is 16.8. The molecule has 1 aliphatic heterocycles. The lowest BCUT2D eigenvalue weighted by Gasteiger charge is -2.28. The number of amides is 1. The van der Waals surface area contributed by atoms with Gasteiger partial charge in [0.1, 0.15) is 0 Å². The molecule has 134 valence electrons. The van der Waals surface area contributed by atoms with E-state index >= 15 is 0 Å². The van der Waals surface area contributed by atoms with Crippen LogP contribution >= 0.6 is 0 Å². The van der Waals surface area contributed by atoms with Crippen molar-refractivity contribution in [3.8, 4) is 0 Å². The normalized spacial score (nSPS) is 16.3. The molecule has 6 heteroatoms. The minimum Gasteiger partial charge on any atom is -0.361 e. The molecule has 2 aromatic carbocycles. The number of rotatable bonds is 4. The summed E-state index contributed by atoms with van der Waals surface area (Å²) in [6.07, 6.45) is 4.55. The van der Waals surface area contributed by atoms with Crippen LogP contribution in [-0.2, 0) is 14.6 Å². The van der Waals surface area contributed by atoms with E-state index in [9.17, 15) is 13.2 Å². The first-order valence-electron chi connectivity index (χ1n) is 8.60. The Kier molecular flexibility index (Phi) is 4.07. The van der Waals surface area contributed by atoms with Crippen LogP contribution in [0.2, 0.25) is 0 Å². The van der Waals surface area contributed by atoms with E-state index in [0.717, 1.165) is 28.5 Å². The van der Waals surface area contributed by atoms with Crippen molar-refractivity contribution in [1.29, 1.82) is 0 Å². The Balaban J connectivity index is 1.85. The van der Waals surface area contributed by atoms with Crippen molar-refractivity contribution in [3.63, 3.8) is 0 Å². The summed E-state index contributed by atoms with van der Waals surface area (Å²) in [5.41, 5.74) is 2.97. The lowest BCUT2D eigenvalue weighted by Crippen LogP contribution is -2.30. The van der Waals surface area contributed by atoms with Crippen LogP contribution in [0, 0.1) is 0 Å². The van der Waals surface area contributed by atoms with Gasteiger partial charge in [-0.1, -0.05) is 30.3 Å². The average molecular weight is 368 g/mol. The molecule has 26 heavy (non-hydrogen) atoms. The summed E-state index contributed by atoms with van der Waals surface area (Å²) < 4.78 is 23.5. The van der Waals surface area contributed by atoms with Crippen molar-refractivity contribution < 1.29 is 13.2 Å². The number of aromatic amines is 1. The van der Waals surface area contributed by atoms with E-state index in [4.69, 9.17) is 0 Å². The molecule has 0 bridgehead atoms. The van der Waals surface area contributed by atoms with Crippen molar-refractivity contribution in [2.75, 3.05) is 12.8 Å². The highest BCUT2D eigenvalue weighted by Gasteiger charge is 2.31. The molecule has 3 aromatic rings. The van der Waals surface area contributed by atoms with E-state index in [1.165, 1.54) is 6.26 Å². The zero-order valence-corrected chi connectivity index (χ0v) is 15.3. The molecule has 1 saturated heterocycles. The number of carbonyl (C=O) groups is 1. The molecule has 2 heterocycles. The van der Waals surface area contributed by atoms with Gasteiger partial charge in [-0.05, 0) is 30.2 Å². The Morgan fingerprint density at radius 1 is 1.08 bits per heavy atom. The van der Waals surface area contributed by atoms with Gasteiger partial charge in [0.05, 0.1) is 10.9 Å². The fourth-order valence-electron chi connectivity index (χ4n) is 3.69. The van der Waals surface area contributed by atoms with Crippen LogP contribution in [0.5, 0.6) is 0 Å². The number of likely N-dealkylation sites (tertiary alicyclic amines) is 1. The van der Waals surface area contributed by atoms with Gasteiger partial charge in [-0.25, -0.2) is 8.42 Å². The number of benzene rings is 2. The van der Waals surface area contributed by atoms with E-state index in [-0.39, 0.29) is 16.8 Å². The number of fused-ring (bicyclic) bond motifs is 1. The molecule has 5 nitrogen and oxygen atoms in total. The number of carbonyl (C=O) groups excluding carboxylic acids is 1. The molecule has 1 fully saturated rings. The molecular weight excluding hydrogens is 348 g/mol. The van der Waals surface area contributed by atoms with Crippen molar-refractivity contribution in [3.05, 3.63) is 65.9 Å². The van der Waals surface area contributed by atoms with Crippen molar-refractivity contribution in [2.24, 2.45) is 0 Å². The Hall–Kier alpha value is -2.60. The first-order chi connectivity index (χ1) is 12.4. The molecule has 1 unspecified atom stereocenters. The molecule has 0 saturated carbocycles. The Morgan fingerprint density at radius 2 is 1.81 bits per heavy atom. The van der Waals surface area contributed by atoms with Crippen LogP contribution in [0.1, 0.15) is 30.0 Å². The monoisotopic (exact) mass is 368 g/mol. The molecular formula is C20H20N2O3S. The summed E-state index contributed by atoms with van der Waals surface area (Å²) in [7, 11) is -3.25. The lowest BCUT2D eigenvalue weighted by atomic mass is 9.97. The van der Waals surface area contributed by atoms with Gasteiger partial charge >= 0.3 is 0 Å². The fourth-order valence-corrected chi connectivity index (χ4v) is 4.32. The van der Waals surface area contributed by atoms with Crippen LogP contribution in [-0.4, -0.2) is 37.0 Å². The Morgan fingerprint density at radius 3 is 2.46 bits per heavy atom. The number of sulfone groups is 1. The summed E-state index contributed by atoms with van der Waals surface area (Å²) in [6, 6.07) is 14.6. The second kappa shape index (κ2) is 6.29. The molecule has 1 amide bonds. The van der Waals surface area contributed by atoms with Gasteiger partial charge in [-0.2, -0.15) is 0 Å². The van der Waals surface area contributed by atoms with Gasteiger partial charge in [0.25, 0.3) is 0 Å². The van der Waals surface area contributed by atoms with Crippen LogP contribution in [0.25, 0.3) is 10.9 Å². The highest BCUT2D eigenvalue weighted by molar-refractivity contribution is 7.90. The third kappa shape index (κ3) is 2.90. The van der Waals surface area contributed by atoms with Gasteiger partial charge < -0.3 is 9.88 Å². The maximum Gasteiger partial charge on any atom is 0.223 e. The van der Waals surface area contributed by atoms with E-state index in [2.05, 4.69) is 4.98 Å². The summed E-state index contributed by atoms with van der Waals surface area (Å²) >= 11 is 0. The molecule has 0 spiro atoms. The molecule has 1 N–H and O–H groups in total. The summed E-state index contributed by atoms with van der Waals surface area (Å²) in [4.78, 5) is 17.9. The topological polar surface area (TPSA) is 70.2 Å². The molecule has 4 rings (SSSR count). The van der Waals surface area contributed by atoms with Gasteiger partial charge in [-0.15, -0.1) is 0 Å². The van der Waals surface area contributed by atoms with E-state index in [1.54, 1.807) is 12.1 Å². The van der Waals surface area contributed by atoms with E-state index in [1.807, 2.05) is 47.5 Å². The van der Waals surface area contributed by atoms with E-state index in [0.29, 0.717) is 13.0 Å². The third-order valence-electron chi connectivity index (χ3n) is 4.96. The number of para-hydroxylation sites is 1. The number of nitrogens with zero attached hydrogens (tertiary/aromatic N) is 1. The zero-order chi connectivity index (χ0) is 18.3. The molecule has 1 aromatic heterocycles. The molecule has 0 aliphatic carbocycles. The summed E-state index contributed by atoms with van der Waals surface area (Å²) in [5, 5.41) is 1.07. The maximum absolute atomic E-state index is 12.5. The third-order valence-corrected chi connectivity index (χ3v) is 6.09. The largest absolute Gasteiger partial charge is 0.361 e. The van der Waals surface area contributed by atoms with Crippen LogP contribution in [0.4, 0.5) is 0 Å². The second-order valence-corrected chi connectivity index (χ2v) is 8.74. The molecule has 1 aliphatic rings. The van der Waals surface area contributed by atoms with Gasteiger partial charge in [0, 0.05) is 41.9 Å². The second-order valence-electron chi connectivity index (χ2n) is 6.72. The number of hydrogen-bond donors (Lipinski definition) is 1. The van der Waals surface area contributed by atoms with Gasteiger partial charge in [0.15, 0.2) is 9.84 Å². The number of aromatic nitrogens is 1. The Labute approximate surface area is 152 Å². The first-order valence-corrected chi connectivity index (χ1v) is 10.5. The fraction of sp³-hybridized carbons (Fsp3) is 0.250. The highest BCUT2D eigenvalue weighted by atomic mass is 32.2. The van der Waals surface area contributed by atoms with Crippen LogP contribution in [0.15, 0.2) is 59.6 Å². The van der Waals surface area contributed by atoms with Crippen molar-refractivity contribution >= 4 is 26.6 Å². The lowest BCUT2D eigenvalue weighted by molar-refractivity contribution is -0.129. The number of nitrogens with one attached hydrogen (secondary N) is 1. The number of H-pyrrole nitrogens is 1. The van der Waals surface area contributed by atoms with Crippen molar-refractivity contribution in [2.45, 2.75) is 23.8 Å². The summed E-state index contributed by atoms with van der Waals surface area (Å²) in [5.74, 6) is 0.132. The summed E-state index contributed by atoms with van der Waals surface area (Å²) in [6.45, 7) is 0.705. The molecule has 1 atom stereocenters. The standard InChI is InChI=1S/C20H20N2O3S/c1-26(24,25)15-10-8-14(9-11-15)20(22-12-4-7-19(22)23)17-13-21-18-6-3-2-5-16(17)18/h2-3,5-6,8-11,13,20-21H,4,7,12H2,1H3. The van der Waals surface area contributed by atoms with Crippen LogP contribution in [0.3, 0.4) is 0 Å². The van der Waals surface area contributed by atoms with Crippen molar-refractivity contribution in [1.82, 2.24) is 9.88 Å². The maximum atomic E-state index is 12.5. The SMILES string of the molecule is CS(=O)(=O)c1ccc(C(c2c[nH]c3ccccc23)N2CCCC2=O)cc1. The predicted molar refractivity (Wildman–Crippen MR) is 101 cm³/mol. The van der Waals surface area contributed by atoms with E-state index < -0.39 is 9.84 Å². The predicted octanol–water partition coefficient (Wildman–Crippen LogP) is 3.28. The number of hydrogen-bond acceptors (Lipinski definition) is 3. The highest BCUT2D eigenvalue weighted by Crippen LogP contribution is 2.36. The molecule has 0 radical (unpaired) electrons. The quantitative estimate of drug-likeness (QED) is 0.768. The minimum atomic E-state index is -3.25. The Bertz CT molecular complexity index is 1070. The smallest absolute Gasteiger partial charge is 0.223 e. The van der Waals surface area contributed by atoms with Crippen LogP contribution < -0.4 is 0 Å². The van der Waals surface area contributed by atoms with Gasteiger partial charge in [0.2, 0.25) is 5.91 Å².